The first-order chi connectivity index (χ1) is 19.6. The Morgan fingerprint density at radius 3 is 2.46 bits per heavy atom. The van der Waals surface area contributed by atoms with Crippen LogP contribution in [0.5, 0.6) is 5.88 Å². The van der Waals surface area contributed by atoms with Crippen molar-refractivity contribution in [2.45, 2.75) is 49.6 Å². The minimum atomic E-state index is -4.30. The van der Waals surface area contributed by atoms with Crippen LogP contribution in [0.15, 0.2) is 53.7 Å². The summed E-state index contributed by atoms with van der Waals surface area (Å²) in [4.78, 5) is 15.0. The van der Waals surface area contributed by atoms with Gasteiger partial charge in [-0.05, 0) is 88.2 Å². The minimum Gasteiger partial charge on any atom is -0.480 e. The molecule has 0 amide bonds. The lowest BCUT2D eigenvalue weighted by molar-refractivity contribution is 0.221. The van der Waals surface area contributed by atoms with Crippen molar-refractivity contribution in [2.24, 2.45) is 0 Å². The number of hydrogen-bond acceptors (Lipinski definition) is 8. The number of aryl methyl sites for hydroxylation is 1. The highest BCUT2D eigenvalue weighted by molar-refractivity contribution is 7.92. The van der Waals surface area contributed by atoms with Crippen LogP contribution in [0.4, 0.5) is 20.4 Å². The number of nitrogens with one attached hydrogen (secondary N) is 2. The number of aromatic nitrogens is 3. The standard InChI is InChI=1S/C29H32F2N6O3S/c1-17-13-25(28(40-4)32-15-17)41(38,39)36-24-12-10-22(30)26(27(24)31)18-5-11-23-19(14-18)16-33-29(35-23)34-20-6-8-21(9-7-20)37(2)3/h5,10-16,20-21,36H,6-9H2,1-4H3,(H,33,34,35). The van der Waals surface area contributed by atoms with Gasteiger partial charge >= 0.3 is 0 Å². The van der Waals surface area contributed by atoms with E-state index in [1.807, 2.05) is 0 Å². The molecule has 4 aromatic rings. The topological polar surface area (TPSA) is 109 Å². The summed E-state index contributed by atoms with van der Waals surface area (Å²) >= 11 is 0. The van der Waals surface area contributed by atoms with Crippen LogP contribution in [0.1, 0.15) is 31.2 Å². The summed E-state index contributed by atoms with van der Waals surface area (Å²) in [6.45, 7) is 1.67. The van der Waals surface area contributed by atoms with Crippen LogP contribution >= 0.6 is 0 Å². The van der Waals surface area contributed by atoms with Gasteiger partial charge in [0.05, 0.1) is 23.9 Å². The summed E-state index contributed by atoms with van der Waals surface area (Å²) in [7, 11) is 1.19. The number of anilines is 2. The van der Waals surface area contributed by atoms with Gasteiger partial charge in [-0.1, -0.05) is 6.07 Å². The number of nitrogens with zero attached hydrogens (tertiary/aromatic N) is 4. The van der Waals surface area contributed by atoms with Gasteiger partial charge in [0.1, 0.15) is 10.7 Å². The maximum atomic E-state index is 15.7. The first kappa shape index (κ1) is 28.6. The van der Waals surface area contributed by atoms with Gasteiger partial charge in [-0.25, -0.2) is 32.2 Å². The number of hydrogen-bond donors (Lipinski definition) is 2. The van der Waals surface area contributed by atoms with E-state index in [2.05, 4.69) is 44.0 Å². The summed E-state index contributed by atoms with van der Waals surface area (Å²) in [5.74, 6) is -1.53. The molecule has 2 N–H and O–H groups in total. The third-order valence-corrected chi connectivity index (χ3v) is 8.76. The van der Waals surface area contributed by atoms with Gasteiger partial charge in [0.2, 0.25) is 11.8 Å². The molecule has 0 unspecified atom stereocenters. The monoisotopic (exact) mass is 582 g/mol. The molecule has 9 nitrogen and oxygen atoms in total. The van der Waals surface area contributed by atoms with Crippen molar-refractivity contribution < 1.29 is 21.9 Å². The second-order valence-corrected chi connectivity index (χ2v) is 12.1. The summed E-state index contributed by atoms with van der Waals surface area (Å²) < 4.78 is 64.1. The highest BCUT2D eigenvalue weighted by atomic mass is 32.2. The molecule has 0 atom stereocenters. The molecule has 0 spiro atoms. The van der Waals surface area contributed by atoms with Crippen LogP contribution in [0.3, 0.4) is 0 Å². The summed E-state index contributed by atoms with van der Waals surface area (Å²) in [6.07, 6.45) is 7.31. The molecule has 216 valence electrons. The summed E-state index contributed by atoms with van der Waals surface area (Å²) in [6, 6.07) is 9.07. The fraction of sp³-hybridized carbons (Fsp3) is 0.345. The fourth-order valence-corrected chi connectivity index (χ4v) is 6.41. The van der Waals surface area contributed by atoms with Crippen LogP contribution in [-0.4, -0.2) is 61.6 Å². The molecule has 2 aromatic heterocycles. The Kier molecular flexibility index (Phi) is 8.05. The zero-order chi connectivity index (χ0) is 29.3. The fourth-order valence-electron chi connectivity index (χ4n) is 5.15. The first-order valence-corrected chi connectivity index (χ1v) is 14.8. The van der Waals surface area contributed by atoms with Gasteiger partial charge in [0.15, 0.2) is 5.82 Å². The van der Waals surface area contributed by atoms with E-state index >= 15 is 4.39 Å². The minimum absolute atomic E-state index is 0.143. The van der Waals surface area contributed by atoms with Crippen molar-refractivity contribution in [1.29, 1.82) is 0 Å². The van der Waals surface area contributed by atoms with Crippen molar-refractivity contribution in [1.82, 2.24) is 19.9 Å². The number of fused-ring (bicyclic) bond motifs is 1. The van der Waals surface area contributed by atoms with Crippen molar-refractivity contribution in [3.63, 3.8) is 0 Å². The van der Waals surface area contributed by atoms with E-state index < -0.39 is 27.3 Å². The third kappa shape index (κ3) is 6.08. The zero-order valence-electron chi connectivity index (χ0n) is 23.3. The second-order valence-electron chi connectivity index (χ2n) is 10.5. The Morgan fingerprint density at radius 1 is 1.00 bits per heavy atom. The van der Waals surface area contributed by atoms with Gasteiger partial charge in [0, 0.05) is 29.9 Å². The largest absolute Gasteiger partial charge is 0.480 e. The van der Waals surface area contributed by atoms with Crippen LogP contribution in [0, 0.1) is 18.6 Å². The predicted molar refractivity (Wildman–Crippen MR) is 155 cm³/mol. The highest BCUT2D eigenvalue weighted by Crippen LogP contribution is 2.34. The average Bonchev–Trinajstić information content (AvgIpc) is 2.95. The summed E-state index contributed by atoms with van der Waals surface area (Å²) in [5.41, 5.74) is 0.616. The lowest BCUT2D eigenvalue weighted by Crippen LogP contribution is -2.36. The van der Waals surface area contributed by atoms with Gasteiger partial charge in [-0.2, -0.15) is 0 Å². The van der Waals surface area contributed by atoms with E-state index in [1.165, 1.54) is 19.4 Å². The number of halogens is 2. The predicted octanol–water partition coefficient (Wildman–Crippen LogP) is 5.37. The van der Waals surface area contributed by atoms with Gasteiger partial charge in [-0.15, -0.1) is 0 Å². The van der Waals surface area contributed by atoms with Crippen LogP contribution in [0.25, 0.3) is 22.0 Å². The number of rotatable bonds is 8. The van der Waals surface area contributed by atoms with E-state index in [1.54, 1.807) is 31.3 Å². The van der Waals surface area contributed by atoms with Crippen LogP contribution in [-0.2, 0) is 10.0 Å². The second kappa shape index (κ2) is 11.5. The molecule has 2 heterocycles. The third-order valence-electron chi connectivity index (χ3n) is 7.40. The number of benzene rings is 2. The van der Waals surface area contributed by atoms with E-state index in [9.17, 15) is 12.8 Å². The Bertz CT molecular complexity index is 1690. The van der Waals surface area contributed by atoms with Crippen molar-refractivity contribution >= 4 is 32.6 Å². The average molecular weight is 583 g/mol. The van der Waals surface area contributed by atoms with E-state index in [4.69, 9.17) is 4.74 Å². The van der Waals surface area contributed by atoms with Crippen molar-refractivity contribution in [3.05, 3.63) is 66.0 Å². The van der Waals surface area contributed by atoms with Crippen molar-refractivity contribution in [2.75, 3.05) is 31.2 Å². The molecule has 0 bridgehead atoms. The van der Waals surface area contributed by atoms with Crippen molar-refractivity contribution in [3.8, 4) is 17.0 Å². The smallest absolute Gasteiger partial charge is 0.267 e. The van der Waals surface area contributed by atoms with Gasteiger partial charge in [-0.3, -0.25) is 4.72 Å². The number of sulfonamides is 1. The molecular formula is C29H32F2N6O3S. The van der Waals surface area contributed by atoms with E-state index in [0.717, 1.165) is 37.8 Å². The van der Waals surface area contributed by atoms with E-state index in [0.29, 0.717) is 28.5 Å². The molecule has 1 saturated carbocycles. The van der Waals surface area contributed by atoms with Gasteiger partial charge in [0.25, 0.3) is 10.0 Å². The van der Waals surface area contributed by atoms with E-state index in [-0.39, 0.29) is 27.9 Å². The summed E-state index contributed by atoms with van der Waals surface area (Å²) in [5, 5.41) is 4.00. The molecule has 1 fully saturated rings. The lowest BCUT2D eigenvalue weighted by Gasteiger charge is -2.32. The van der Waals surface area contributed by atoms with Crippen LogP contribution < -0.4 is 14.8 Å². The molecule has 12 heteroatoms. The maximum absolute atomic E-state index is 15.7. The molecule has 0 aliphatic heterocycles. The highest BCUT2D eigenvalue weighted by Gasteiger charge is 2.25. The van der Waals surface area contributed by atoms with Gasteiger partial charge < -0.3 is 15.0 Å². The molecule has 1 aliphatic carbocycles. The maximum Gasteiger partial charge on any atom is 0.267 e. The molecule has 1 aliphatic rings. The molecule has 5 rings (SSSR count). The number of ether oxygens (including phenoxy) is 1. The normalized spacial score (nSPS) is 17.5. The molecule has 0 radical (unpaired) electrons. The molecular weight excluding hydrogens is 550 g/mol. The Morgan fingerprint density at radius 2 is 1.76 bits per heavy atom. The Balaban J connectivity index is 1.40. The first-order valence-electron chi connectivity index (χ1n) is 13.3. The SMILES string of the molecule is COc1ncc(C)cc1S(=O)(=O)Nc1ccc(F)c(-c2ccc3nc(NC4CCC(N(C)C)CC4)ncc3c2)c1F. The van der Waals surface area contributed by atoms with Crippen LogP contribution in [0.2, 0.25) is 0 Å². The number of methoxy groups -OCH3 is 1. The quantitative estimate of drug-likeness (QED) is 0.285. The number of pyridine rings is 1. The Hall–Kier alpha value is -3.90. The lowest BCUT2D eigenvalue weighted by atomic mass is 9.91. The Labute approximate surface area is 238 Å². The zero-order valence-corrected chi connectivity index (χ0v) is 24.1. The molecule has 0 saturated heterocycles. The molecule has 2 aromatic carbocycles. The molecule has 41 heavy (non-hydrogen) atoms.